The summed E-state index contributed by atoms with van der Waals surface area (Å²) >= 11 is 0. The van der Waals surface area contributed by atoms with Crippen LogP contribution >= 0.6 is 0 Å². The van der Waals surface area contributed by atoms with Crippen molar-refractivity contribution in [2.75, 3.05) is 11.4 Å². The van der Waals surface area contributed by atoms with Gasteiger partial charge in [0.15, 0.2) is 0 Å². The third kappa shape index (κ3) is 3.45. The molecular formula is C14H16N4O. The van der Waals surface area contributed by atoms with Gasteiger partial charge in [-0.2, -0.15) is 0 Å². The molecule has 0 saturated carbocycles. The highest BCUT2D eigenvalue weighted by Gasteiger charge is 2.09. The quantitative estimate of drug-likeness (QED) is 0.373. The summed E-state index contributed by atoms with van der Waals surface area (Å²) in [5, 5.41) is 11.6. The molecule has 0 radical (unpaired) electrons. The average molecular weight is 256 g/mol. The van der Waals surface area contributed by atoms with Crippen LogP contribution in [0.1, 0.15) is 6.42 Å². The number of hydrogen-bond acceptors (Lipinski definition) is 4. The Morgan fingerprint density at radius 1 is 1.11 bits per heavy atom. The van der Waals surface area contributed by atoms with Gasteiger partial charge in [0.2, 0.25) is 0 Å². The molecule has 1 aromatic heterocycles. The van der Waals surface area contributed by atoms with Crippen molar-refractivity contribution >= 4 is 17.2 Å². The van der Waals surface area contributed by atoms with Crippen LogP contribution in [0.4, 0.5) is 11.4 Å². The van der Waals surface area contributed by atoms with Crippen molar-refractivity contribution in [1.29, 1.82) is 0 Å². The van der Waals surface area contributed by atoms with Crippen LogP contribution in [0, 0.1) is 0 Å². The number of anilines is 2. The number of aromatic nitrogens is 1. The fourth-order valence-corrected chi connectivity index (χ4v) is 1.82. The normalized spacial score (nSPS) is 11.3. The Morgan fingerprint density at radius 3 is 2.37 bits per heavy atom. The molecule has 0 saturated heterocycles. The van der Waals surface area contributed by atoms with Gasteiger partial charge in [0.25, 0.3) is 0 Å². The number of amidine groups is 1. The molecule has 98 valence electrons. The van der Waals surface area contributed by atoms with Gasteiger partial charge in [-0.1, -0.05) is 23.4 Å². The van der Waals surface area contributed by atoms with E-state index >= 15 is 0 Å². The Bertz CT molecular complexity index is 488. The second-order valence-electron chi connectivity index (χ2n) is 4.03. The number of oxime groups is 1. The van der Waals surface area contributed by atoms with Gasteiger partial charge in [0.05, 0.1) is 0 Å². The topological polar surface area (TPSA) is 74.7 Å². The largest absolute Gasteiger partial charge is 0.409 e. The van der Waals surface area contributed by atoms with Crippen molar-refractivity contribution in [3.05, 3.63) is 54.9 Å². The van der Waals surface area contributed by atoms with E-state index in [4.69, 9.17) is 10.9 Å². The molecule has 0 aliphatic rings. The van der Waals surface area contributed by atoms with Crippen LogP contribution in [-0.2, 0) is 0 Å². The molecule has 0 spiro atoms. The molecule has 2 aromatic rings. The summed E-state index contributed by atoms with van der Waals surface area (Å²) in [6, 6.07) is 13.8. The van der Waals surface area contributed by atoms with E-state index in [1.807, 2.05) is 42.5 Å². The van der Waals surface area contributed by atoms with Gasteiger partial charge in [0, 0.05) is 36.7 Å². The summed E-state index contributed by atoms with van der Waals surface area (Å²) in [5.74, 6) is 0.218. The molecule has 1 aromatic carbocycles. The number of benzene rings is 1. The first-order chi connectivity index (χ1) is 9.31. The maximum atomic E-state index is 8.62. The lowest BCUT2D eigenvalue weighted by molar-refractivity contribution is 0.317. The summed E-state index contributed by atoms with van der Waals surface area (Å²) in [6.07, 6.45) is 3.97. The Balaban J connectivity index is 2.24. The minimum absolute atomic E-state index is 0.218. The molecule has 0 aliphatic heterocycles. The lowest BCUT2D eigenvalue weighted by atomic mass is 10.2. The Labute approximate surface area is 112 Å². The van der Waals surface area contributed by atoms with Crippen LogP contribution < -0.4 is 10.6 Å². The fraction of sp³-hybridized carbons (Fsp3) is 0.143. The van der Waals surface area contributed by atoms with E-state index < -0.39 is 0 Å². The van der Waals surface area contributed by atoms with Crippen molar-refractivity contribution in [2.45, 2.75) is 6.42 Å². The van der Waals surface area contributed by atoms with E-state index in [1.165, 1.54) is 0 Å². The zero-order chi connectivity index (χ0) is 13.5. The van der Waals surface area contributed by atoms with Crippen molar-refractivity contribution in [3.8, 4) is 0 Å². The number of nitrogens with two attached hydrogens (primary N) is 1. The van der Waals surface area contributed by atoms with Crippen LogP contribution in [0.5, 0.6) is 0 Å². The van der Waals surface area contributed by atoms with Gasteiger partial charge in [-0.15, -0.1) is 0 Å². The van der Waals surface area contributed by atoms with Crippen LogP contribution in [0.15, 0.2) is 60.0 Å². The highest BCUT2D eigenvalue weighted by molar-refractivity contribution is 5.80. The predicted molar refractivity (Wildman–Crippen MR) is 75.7 cm³/mol. The number of hydrogen-bond donors (Lipinski definition) is 2. The average Bonchev–Trinajstić information content (AvgIpc) is 2.49. The second kappa shape index (κ2) is 6.39. The zero-order valence-electron chi connectivity index (χ0n) is 10.5. The Morgan fingerprint density at radius 2 is 1.74 bits per heavy atom. The maximum absolute atomic E-state index is 8.62. The molecule has 2 rings (SSSR count). The van der Waals surface area contributed by atoms with Crippen LogP contribution in [0.2, 0.25) is 0 Å². The third-order valence-corrected chi connectivity index (χ3v) is 2.76. The monoisotopic (exact) mass is 256 g/mol. The molecule has 5 nitrogen and oxygen atoms in total. The Kier molecular flexibility index (Phi) is 4.34. The number of rotatable bonds is 5. The van der Waals surface area contributed by atoms with Crippen LogP contribution in [0.3, 0.4) is 0 Å². The molecule has 5 heteroatoms. The standard InChI is InChI=1S/C14H16N4O/c15-14(17-19)8-11-18(12-4-2-1-3-5-12)13-6-9-16-10-7-13/h1-7,9-10,19H,8,11H2,(H2,15,17). The van der Waals surface area contributed by atoms with Crippen LogP contribution in [-0.4, -0.2) is 22.6 Å². The smallest absolute Gasteiger partial charge is 0.140 e. The van der Waals surface area contributed by atoms with Gasteiger partial charge in [-0.05, 0) is 24.3 Å². The fourth-order valence-electron chi connectivity index (χ4n) is 1.82. The number of pyridine rings is 1. The minimum Gasteiger partial charge on any atom is -0.409 e. The molecule has 0 unspecified atom stereocenters. The molecular weight excluding hydrogens is 240 g/mol. The van der Waals surface area contributed by atoms with Crippen molar-refractivity contribution in [1.82, 2.24) is 4.98 Å². The minimum atomic E-state index is 0.218. The van der Waals surface area contributed by atoms with E-state index in [2.05, 4.69) is 15.0 Å². The van der Waals surface area contributed by atoms with Gasteiger partial charge in [-0.3, -0.25) is 4.98 Å². The Hall–Kier alpha value is -2.56. The van der Waals surface area contributed by atoms with Gasteiger partial charge >= 0.3 is 0 Å². The summed E-state index contributed by atoms with van der Waals surface area (Å²) in [6.45, 7) is 0.629. The number of nitrogens with zero attached hydrogens (tertiary/aromatic N) is 3. The van der Waals surface area contributed by atoms with Crippen molar-refractivity contribution in [3.63, 3.8) is 0 Å². The molecule has 1 heterocycles. The summed E-state index contributed by atoms with van der Waals surface area (Å²) < 4.78 is 0. The first-order valence-electron chi connectivity index (χ1n) is 6.00. The third-order valence-electron chi connectivity index (χ3n) is 2.76. The molecule has 19 heavy (non-hydrogen) atoms. The molecule has 0 fully saturated rings. The molecule has 3 N–H and O–H groups in total. The number of para-hydroxylation sites is 1. The van der Waals surface area contributed by atoms with E-state index in [0.29, 0.717) is 13.0 Å². The predicted octanol–water partition coefficient (Wildman–Crippen LogP) is 2.36. The van der Waals surface area contributed by atoms with Gasteiger partial charge in [-0.25, -0.2) is 0 Å². The molecule has 0 atom stereocenters. The first-order valence-corrected chi connectivity index (χ1v) is 6.00. The summed E-state index contributed by atoms with van der Waals surface area (Å²) in [5.41, 5.74) is 7.61. The van der Waals surface area contributed by atoms with E-state index in [0.717, 1.165) is 11.4 Å². The first kappa shape index (κ1) is 12.9. The molecule has 0 aliphatic carbocycles. The molecule has 0 bridgehead atoms. The highest BCUT2D eigenvalue weighted by Crippen LogP contribution is 2.24. The summed E-state index contributed by atoms with van der Waals surface area (Å²) in [7, 11) is 0. The van der Waals surface area contributed by atoms with Crippen molar-refractivity contribution in [2.24, 2.45) is 10.9 Å². The van der Waals surface area contributed by atoms with Crippen LogP contribution in [0.25, 0.3) is 0 Å². The van der Waals surface area contributed by atoms with Gasteiger partial charge in [0.1, 0.15) is 5.84 Å². The maximum Gasteiger partial charge on any atom is 0.140 e. The zero-order valence-corrected chi connectivity index (χ0v) is 10.5. The van der Waals surface area contributed by atoms with Crippen molar-refractivity contribution < 1.29 is 5.21 Å². The lowest BCUT2D eigenvalue weighted by Gasteiger charge is -2.24. The van der Waals surface area contributed by atoms with E-state index in [9.17, 15) is 0 Å². The van der Waals surface area contributed by atoms with Gasteiger partial charge < -0.3 is 15.8 Å². The van der Waals surface area contributed by atoms with E-state index in [-0.39, 0.29) is 5.84 Å². The lowest BCUT2D eigenvalue weighted by Crippen LogP contribution is -2.24. The second-order valence-corrected chi connectivity index (χ2v) is 4.03. The van der Waals surface area contributed by atoms with E-state index in [1.54, 1.807) is 12.4 Å². The summed E-state index contributed by atoms with van der Waals surface area (Å²) in [4.78, 5) is 6.11. The SMILES string of the molecule is N/C(CCN(c1ccccc1)c1ccncc1)=N\O. The highest BCUT2D eigenvalue weighted by atomic mass is 16.4. The molecule has 0 amide bonds.